The van der Waals surface area contributed by atoms with Gasteiger partial charge < -0.3 is 54.7 Å². The van der Waals surface area contributed by atoms with Crippen LogP contribution in [0.1, 0.15) is 6.92 Å². The fourth-order valence-corrected chi connectivity index (χ4v) is 4.05. The second-order valence-electron chi connectivity index (χ2n) is 6.89. The number of aliphatic hydroxyl groups is 6. The fourth-order valence-electron chi connectivity index (χ4n) is 3.19. The zero-order valence-electron chi connectivity index (χ0n) is 15.9. The SMILES string of the molecule is CC(=O)N[C@@H]1C(O[C@H]2C(OP(C)P)OC(CO)[C@@H](O)[C@@H]2O)OC(CO)[C@@H](O)[C@@H]1O. The molecule has 2 aliphatic heterocycles. The molecule has 0 saturated carbocycles. The van der Waals surface area contributed by atoms with Crippen LogP contribution in [-0.4, -0.2) is 118 Å². The Bertz CT molecular complexity index is 544. The predicted molar refractivity (Wildman–Crippen MR) is 102 cm³/mol. The lowest BCUT2D eigenvalue weighted by Gasteiger charge is -2.47. The number of carbonyl (C=O) groups is 1. The van der Waals surface area contributed by atoms with E-state index >= 15 is 0 Å². The van der Waals surface area contributed by atoms with Crippen molar-refractivity contribution in [2.45, 2.75) is 68.3 Å². The molecule has 2 heterocycles. The Labute approximate surface area is 171 Å². The summed E-state index contributed by atoms with van der Waals surface area (Å²) in [5, 5.41) is 62.3. The summed E-state index contributed by atoms with van der Waals surface area (Å²) in [6.07, 6.45) is -12.4. The summed E-state index contributed by atoms with van der Waals surface area (Å²) in [6, 6.07) is -1.25. The van der Waals surface area contributed by atoms with Gasteiger partial charge >= 0.3 is 0 Å². The average Bonchev–Trinajstić information content (AvgIpc) is 2.65. The molecular weight excluding hydrogens is 432 g/mol. The molecule has 0 radical (unpaired) electrons. The van der Waals surface area contributed by atoms with E-state index in [0.717, 1.165) is 0 Å². The number of amides is 1. The van der Waals surface area contributed by atoms with E-state index in [0.29, 0.717) is 0 Å². The number of ether oxygens (including phenoxy) is 3. The zero-order valence-corrected chi connectivity index (χ0v) is 18.0. The maximum atomic E-state index is 11.5. The number of nitrogens with one attached hydrogen (secondary N) is 1. The highest BCUT2D eigenvalue weighted by atomic mass is 32.0. The molecule has 12 atom stereocenters. The van der Waals surface area contributed by atoms with Gasteiger partial charge in [0, 0.05) is 14.8 Å². The molecule has 170 valence electrons. The molecule has 29 heavy (non-hydrogen) atoms. The van der Waals surface area contributed by atoms with Gasteiger partial charge in [-0.25, -0.2) is 0 Å². The van der Waals surface area contributed by atoms with Crippen molar-refractivity contribution in [3.8, 4) is 0 Å². The van der Waals surface area contributed by atoms with Gasteiger partial charge in [-0.15, -0.1) is 0 Å². The smallest absolute Gasteiger partial charge is 0.217 e. The summed E-state index contributed by atoms with van der Waals surface area (Å²) in [6.45, 7) is 1.70. The monoisotopic (exact) mass is 461 g/mol. The molecular formula is C15H29NO11P2. The second-order valence-corrected chi connectivity index (χ2v) is 10.4. The van der Waals surface area contributed by atoms with Crippen molar-refractivity contribution >= 4 is 22.7 Å². The molecule has 2 rings (SSSR count). The Hall–Kier alpha value is -0.0700. The standard InChI is InChI=1S/C15H29NO11P2/c1-5(19)16-8-11(22)9(20)6(3-17)24-14(8)26-13-12(23)10(21)7(4-18)25-15(13)27-29(2)28/h6-15,17-18,20-23H,3-4,28H2,1-2H3,(H,16,19)/t6?,7?,8-,9+,10+,11+,12-,13+,14?,15?,29?/m0/s1. The summed E-state index contributed by atoms with van der Waals surface area (Å²) < 4.78 is 22.3. The molecule has 0 bridgehead atoms. The minimum atomic E-state index is -1.57. The van der Waals surface area contributed by atoms with Crippen molar-refractivity contribution in [3.63, 3.8) is 0 Å². The van der Waals surface area contributed by atoms with Gasteiger partial charge in [0.25, 0.3) is 0 Å². The van der Waals surface area contributed by atoms with E-state index in [4.69, 9.17) is 18.7 Å². The first kappa shape index (κ1) is 25.2. The van der Waals surface area contributed by atoms with Crippen LogP contribution in [0.4, 0.5) is 0 Å². The molecule has 0 aromatic carbocycles. The van der Waals surface area contributed by atoms with Gasteiger partial charge in [0.05, 0.1) is 13.2 Å². The van der Waals surface area contributed by atoms with Crippen LogP contribution in [0.15, 0.2) is 0 Å². The summed E-state index contributed by atoms with van der Waals surface area (Å²) in [7, 11) is 1.33. The Morgan fingerprint density at radius 1 is 1.00 bits per heavy atom. The van der Waals surface area contributed by atoms with Crippen LogP contribution in [0.3, 0.4) is 0 Å². The lowest BCUT2D eigenvalue weighted by molar-refractivity contribution is -0.342. The second kappa shape index (κ2) is 11.0. The minimum absolute atomic E-state index is 0.545. The van der Waals surface area contributed by atoms with Gasteiger partial charge in [0.2, 0.25) is 5.91 Å². The van der Waals surface area contributed by atoms with Crippen LogP contribution in [0.25, 0.3) is 0 Å². The highest BCUT2D eigenvalue weighted by molar-refractivity contribution is 8.10. The minimum Gasteiger partial charge on any atom is -0.394 e. The van der Waals surface area contributed by atoms with Gasteiger partial charge in [0.15, 0.2) is 12.6 Å². The van der Waals surface area contributed by atoms with Crippen molar-refractivity contribution in [1.29, 1.82) is 0 Å². The van der Waals surface area contributed by atoms with Gasteiger partial charge in [-0.05, 0) is 6.66 Å². The van der Waals surface area contributed by atoms with Crippen LogP contribution in [0.5, 0.6) is 0 Å². The third-order valence-corrected chi connectivity index (χ3v) is 5.54. The van der Waals surface area contributed by atoms with E-state index < -0.39 is 88.3 Å². The van der Waals surface area contributed by atoms with E-state index in [1.54, 1.807) is 6.66 Å². The van der Waals surface area contributed by atoms with E-state index in [1.165, 1.54) is 6.92 Å². The lowest BCUT2D eigenvalue weighted by Crippen LogP contribution is -2.67. The van der Waals surface area contributed by atoms with E-state index in [-0.39, 0.29) is 0 Å². The molecule has 12 nitrogen and oxygen atoms in total. The normalized spacial score (nSPS) is 44.3. The Morgan fingerprint density at radius 3 is 2.00 bits per heavy atom. The number of hydrogen-bond donors (Lipinski definition) is 7. The first-order valence-electron chi connectivity index (χ1n) is 8.93. The van der Waals surface area contributed by atoms with Gasteiger partial charge in [-0.3, -0.25) is 4.79 Å². The third kappa shape index (κ3) is 6.00. The molecule has 2 aliphatic rings. The van der Waals surface area contributed by atoms with E-state index in [1.807, 2.05) is 0 Å². The van der Waals surface area contributed by atoms with Crippen LogP contribution in [-0.2, 0) is 23.5 Å². The van der Waals surface area contributed by atoms with Gasteiger partial charge in [0.1, 0.15) is 48.8 Å². The molecule has 6 unspecified atom stereocenters. The zero-order chi connectivity index (χ0) is 21.9. The maximum Gasteiger partial charge on any atom is 0.217 e. The quantitative estimate of drug-likeness (QED) is 0.187. The van der Waals surface area contributed by atoms with Crippen molar-refractivity contribution in [2.75, 3.05) is 19.9 Å². The summed E-state index contributed by atoms with van der Waals surface area (Å²) in [4.78, 5) is 11.5. The summed E-state index contributed by atoms with van der Waals surface area (Å²) in [5.74, 6) is -0.545. The lowest BCUT2D eigenvalue weighted by atomic mass is 9.96. The van der Waals surface area contributed by atoms with Crippen LogP contribution >= 0.6 is 16.8 Å². The fraction of sp³-hybridized carbons (Fsp3) is 0.933. The molecule has 2 saturated heterocycles. The van der Waals surface area contributed by atoms with Gasteiger partial charge in [-0.1, -0.05) is 8.93 Å². The highest BCUT2D eigenvalue weighted by Gasteiger charge is 2.51. The molecule has 0 aromatic heterocycles. The summed E-state index contributed by atoms with van der Waals surface area (Å²) >= 11 is 0. The number of hydrogen-bond acceptors (Lipinski definition) is 11. The number of carbonyl (C=O) groups excluding carboxylic acids is 1. The first-order valence-corrected chi connectivity index (χ1v) is 12.3. The van der Waals surface area contributed by atoms with Crippen LogP contribution in [0, 0.1) is 0 Å². The van der Waals surface area contributed by atoms with E-state index in [9.17, 15) is 35.4 Å². The Morgan fingerprint density at radius 2 is 1.52 bits per heavy atom. The number of rotatable bonds is 7. The van der Waals surface area contributed by atoms with Crippen LogP contribution < -0.4 is 5.32 Å². The molecule has 7 N–H and O–H groups in total. The molecule has 1 amide bonds. The molecule has 0 spiro atoms. The topological polar surface area (TPSA) is 187 Å². The summed E-state index contributed by atoms with van der Waals surface area (Å²) in [5.41, 5.74) is 0. The Kier molecular flexibility index (Phi) is 9.55. The maximum absolute atomic E-state index is 11.5. The van der Waals surface area contributed by atoms with Crippen molar-refractivity contribution in [1.82, 2.24) is 5.32 Å². The average molecular weight is 461 g/mol. The number of aliphatic hydroxyl groups excluding tert-OH is 6. The third-order valence-electron chi connectivity index (χ3n) is 4.64. The Balaban J connectivity index is 2.27. The molecule has 14 heteroatoms. The van der Waals surface area contributed by atoms with Gasteiger partial charge in [-0.2, -0.15) is 0 Å². The largest absolute Gasteiger partial charge is 0.394 e. The molecule has 0 aromatic rings. The predicted octanol–water partition coefficient (Wildman–Crippen LogP) is -3.41. The molecule has 2 fully saturated rings. The van der Waals surface area contributed by atoms with Crippen molar-refractivity contribution in [3.05, 3.63) is 0 Å². The first-order chi connectivity index (χ1) is 13.6. The van der Waals surface area contributed by atoms with Crippen LogP contribution in [0.2, 0.25) is 0 Å². The van der Waals surface area contributed by atoms with Crippen molar-refractivity contribution in [2.24, 2.45) is 0 Å². The van der Waals surface area contributed by atoms with Crippen molar-refractivity contribution < 1.29 is 54.2 Å². The molecule has 0 aliphatic carbocycles. The van der Waals surface area contributed by atoms with E-state index in [2.05, 4.69) is 14.2 Å². The highest BCUT2D eigenvalue weighted by Crippen LogP contribution is 2.45.